The second-order valence-corrected chi connectivity index (χ2v) is 10.7. The summed E-state index contributed by atoms with van der Waals surface area (Å²) in [6, 6.07) is 13.5. The first-order chi connectivity index (χ1) is 15.8. The number of piperazine rings is 1. The minimum absolute atomic E-state index is 0.218. The van der Waals surface area contributed by atoms with E-state index in [-0.39, 0.29) is 10.8 Å². The van der Waals surface area contributed by atoms with E-state index in [1.807, 2.05) is 19.2 Å². The molecular formula is C22H25N5O4S2. The molecular weight excluding hydrogens is 462 g/mol. The normalized spacial score (nSPS) is 15.5. The number of benzene rings is 2. The molecule has 3 aromatic rings. The Morgan fingerprint density at radius 2 is 1.79 bits per heavy atom. The lowest BCUT2D eigenvalue weighted by Gasteiger charge is -2.31. The van der Waals surface area contributed by atoms with E-state index in [0.717, 1.165) is 4.90 Å². The number of hydrogen-bond donors (Lipinski definition) is 1. The summed E-state index contributed by atoms with van der Waals surface area (Å²) >= 11 is 1.43. The molecule has 0 atom stereocenters. The van der Waals surface area contributed by atoms with Crippen LogP contribution in [0.5, 0.6) is 0 Å². The lowest BCUT2D eigenvalue weighted by atomic mass is 10.2. The van der Waals surface area contributed by atoms with Gasteiger partial charge in [-0.2, -0.15) is 9.29 Å². The summed E-state index contributed by atoms with van der Waals surface area (Å²) in [5.74, 6) is 1.22. The van der Waals surface area contributed by atoms with Gasteiger partial charge in [0, 0.05) is 36.8 Å². The maximum Gasteiger partial charge on any atom is 0.256 e. The van der Waals surface area contributed by atoms with Crippen molar-refractivity contribution in [2.45, 2.75) is 22.5 Å². The van der Waals surface area contributed by atoms with Crippen LogP contribution in [0.15, 0.2) is 62.8 Å². The standard InChI is InChI=1S/C22H25N5O4S2/c1-16-23-21(31-25-16)15-32-20-6-4-3-5-19(20)22(28)24-17-7-9-18(10-8-17)33(29,30)27-13-11-26(2)12-14-27/h3-10H,11-15H2,1-2H3,(H,24,28). The molecule has 1 saturated heterocycles. The molecule has 1 fully saturated rings. The highest BCUT2D eigenvalue weighted by Crippen LogP contribution is 2.27. The second kappa shape index (κ2) is 10.0. The van der Waals surface area contributed by atoms with Crippen LogP contribution in [0.2, 0.25) is 0 Å². The zero-order valence-electron chi connectivity index (χ0n) is 18.4. The summed E-state index contributed by atoms with van der Waals surface area (Å²) in [6.07, 6.45) is 0. The van der Waals surface area contributed by atoms with Crippen LogP contribution in [-0.2, 0) is 15.8 Å². The quantitative estimate of drug-likeness (QED) is 0.507. The van der Waals surface area contributed by atoms with Gasteiger partial charge in [0.15, 0.2) is 5.82 Å². The van der Waals surface area contributed by atoms with Gasteiger partial charge in [0.1, 0.15) is 0 Å². The fraction of sp³-hybridized carbons (Fsp3) is 0.318. The first kappa shape index (κ1) is 23.4. The number of rotatable bonds is 7. The van der Waals surface area contributed by atoms with Crippen molar-refractivity contribution in [3.63, 3.8) is 0 Å². The number of carbonyl (C=O) groups is 1. The molecule has 4 rings (SSSR count). The Morgan fingerprint density at radius 3 is 2.45 bits per heavy atom. The third kappa shape index (κ3) is 5.61. The molecule has 0 spiro atoms. The Hall–Kier alpha value is -2.73. The van der Waals surface area contributed by atoms with Gasteiger partial charge in [-0.1, -0.05) is 17.3 Å². The Bertz CT molecular complexity index is 1220. The summed E-state index contributed by atoms with van der Waals surface area (Å²) in [6.45, 7) is 4.10. The van der Waals surface area contributed by atoms with Gasteiger partial charge in [-0.25, -0.2) is 8.42 Å². The summed E-state index contributed by atoms with van der Waals surface area (Å²) in [4.78, 5) is 20.2. The maximum atomic E-state index is 12.9. The fourth-order valence-corrected chi connectivity index (χ4v) is 5.71. The summed E-state index contributed by atoms with van der Waals surface area (Å²) < 4.78 is 32.4. The molecule has 1 aliphatic heterocycles. The van der Waals surface area contributed by atoms with Crippen molar-refractivity contribution >= 4 is 33.4 Å². The van der Waals surface area contributed by atoms with E-state index in [4.69, 9.17) is 4.52 Å². The molecule has 2 heterocycles. The van der Waals surface area contributed by atoms with E-state index in [1.54, 1.807) is 31.2 Å². The Balaban J connectivity index is 1.43. The van der Waals surface area contributed by atoms with Crippen LogP contribution < -0.4 is 5.32 Å². The molecule has 2 aromatic carbocycles. The maximum absolute atomic E-state index is 12.9. The van der Waals surface area contributed by atoms with Crippen LogP contribution >= 0.6 is 11.8 Å². The van der Waals surface area contributed by atoms with Crippen molar-refractivity contribution < 1.29 is 17.7 Å². The minimum atomic E-state index is -3.55. The van der Waals surface area contributed by atoms with Crippen molar-refractivity contribution in [2.75, 3.05) is 38.5 Å². The van der Waals surface area contributed by atoms with Gasteiger partial charge in [0.05, 0.1) is 16.2 Å². The van der Waals surface area contributed by atoms with E-state index in [1.165, 1.54) is 28.2 Å². The molecule has 1 amide bonds. The largest absolute Gasteiger partial charge is 0.338 e. The van der Waals surface area contributed by atoms with Gasteiger partial charge in [0.2, 0.25) is 15.9 Å². The predicted molar refractivity (Wildman–Crippen MR) is 126 cm³/mol. The molecule has 9 nitrogen and oxygen atoms in total. The fourth-order valence-electron chi connectivity index (χ4n) is 3.40. The number of aromatic nitrogens is 2. The number of hydrogen-bond acceptors (Lipinski definition) is 8. The van der Waals surface area contributed by atoms with Crippen LogP contribution in [-0.4, -0.2) is 66.9 Å². The zero-order valence-corrected chi connectivity index (χ0v) is 20.0. The number of anilines is 1. The zero-order chi connectivity index (χ0) is 23.4. The molecule has 0 bridgehead atoms. The Labute approximate surface area is 197 Å². The van der Waals surface area contributed by atoms with Crippen molar-refractivity contribution in [1.82, 2.24) is 19.3 Å². The van der Waals surface area contributed by atoms with Gasteiger partial charge in [0.25, 0.3) is 5.91 Å². The van der Waals surface area contributed by atoms with Gasteiger partial charge >= 0.3 is 0 Å². The number of nitrogens with one attached hydrogen (secondary N) is 1. The van der Waals surface area contributed by atoms with Crippen LogP contribution in [0, 0.1) is 6.92 Å². The third-order valence-electron chi connectivity index (χ3n) is 5.26. The van der Waals surface area contributed by atoms with Crippen molar-refractivity contribution in [3.8, 4) is 0 Å². The summed E-state index contributed by atoms with van der Waals surface area (Å²) in [5.41, 5.74) is 1.03. The third-order valence-corrected chi connectivity index (χ3v) is 8.24. The first-order valence-electron chi connectivity index (χ1n) is 10.4. The molecule has 0 saturated carbocycles. The topological polar surface area (TPSA) is 109 Å². The van der Waals surface area contributed by atoms with Crippen LogP contribution in [0.3, 0.4) is 0 Å². The number of thioether (sulfide) groups is 1. The molecule has 11 heteroatoms. The molecule has 0 unspecified atom stereocenters. The Kier molecular flexibility index (Phi) is 7.13. The van der Waals surface area contributed by atoms with Gasteiger partial charge < -0.3 is 14.7 Å². The monoisotopic (exact) mass is 487 g/mol. The van der Waals surface area contributed by atoms with Gasteiger partial charge in [-0.05, 0) is 50.4 Å². The number of likely N-dealkylation sites (N-methyl/N-ethyl adjacent to an activating group) is 1. The molecule has 1 N–H and O–H groups in total. The van der Waals surface area contributed by atoms with Crippen LogP contribution in [0.25, 0.3) is 0 Å². The molecule has 0 radical (unpaired) electrons. The highest BCUT2D eigenvalue weighted by Gasteiger charge is 2.27. The molecule has 174 valence electrons. The SMILES string of the molecule is Cc1noc(CSc2ccccc2C(=O)Nc2ccc(S(=O)(=O)N3CCN(C)CC3)cc2)n1. The minimum Gasteiger partial charge on any atom is -0.338 e. The summed E-state index contributed by atoms with van der Waals surface area (Å²) in [5, 5.41) is 6.62. The predicted octanol–water partition coefficient (Wildman–Crippen LogP) is 2.86. The van der Waals surface area contributed by atoms with E-state index in [2.05, 4.69) is 20.4 Å². The van der Waals surface area contributed by atoms with Crippen molar-refractivity contribution in [1.29, 1.82) is 0 Å². The number of amides is 1. The lowest BCUT2D eigenvalue weighted by Crippen LogP contribution is -2.46. The average Bonchev–Trinajstić information content (AvgIpc) is 3.23. The summed E-state index contributed by atoms with van der Waals surface area (Å²) in [7, 11) is -1.57. The second-order valence-electron chi connectivity index (χ2n) is 7.71. The number of aryl methyl sites for hydroxylation is 1. The highest BCUT2D eigenvalue weighted by molar-refractivity contribution is 7.98. The van der Waals surface area contributed by atoms with Crippen molar-refractivity contribution in [2.24, 2.45) is 0 Å². The Morgan fingerprint density at radius 1 is 1.09 bits per heavy atom. The van der Waals surface area contributed by atoms with E-state index in [9.17, 15) is 13.2 Å². The van der Waals surface area contributed by atoms with E-state index >= 15 is 0 Å². The lowest BCUT2D eigenvalue weighted by molar-refractivity contribution is 0.102. The first-order valence-corrected chi connectivity index (χ1v) is 12.9. The molecule has 0 aliphatic carbocycles. The number of carbonyl (C=O) groups excluding carboxylic acids is 1. The average molecular weight is 488 g/mol. The number of sulfonamides is 1. The molecule has 1 aliphatic rings. The van der Waals surface area contributed by atoms with E-state index in [0.29, 0.717) is 54.9 Å². The van der Waals surface area contributed by atoms with Crippen molar-refractivity contribution in [3.05, 3.63) is 65.8 Å². The van der Waals surface area contributed by atoms with Gasteiger partial charge in [-0.3, -0.25) is 4.79 Å². The van der Waals surface area contributed by atoms with Crippen LogP contribution in [0.4, 0.5) is 5.69 Å². The van der Waals surface area contributed by atoms with Crippen LogP contribution in [0.1, 0.15) is 22.1 Å². The van der Waals surface area contributed by atoms with Gasteiger partial charge in [-0.15, -0.1) is 11.8 Å². The molecule has 1 aromatic heterocycles. The highest BCUT2D eigenvalue weighted by atomic mass is 32.2. The number of nitrogens with zero attached hydrogens (tertiary/aromatic N) is 4. The smallest absolute Gasteiger partial charge is 0.256 e. The molecule has 33 heavy (non-hydrogen) atoms. The van der Waals surface area contributed by atoms with E-state index < -0.39 is 10.0 Å².